The van der Waals surface area contributed by atoms with E-state index < -0.39 is 29.1 Å². The molecule has 3 rings (SSSR count). The van der Waals surface area contributed by atoms with Gasteiger partial charge < -0.3 is 10.1 Å². The van der Waals surface area contributed by atoms with Crippen molar-refractivity contribution in [3.8, 4) is 0 Å². The zero-order chi connectivity index (χ0) is 19.7. The van der Waals surface area contributed by atoms with Crippen LogP contribution in [0.1, 0.15) is 36.5 Å². The summed E-state index contributed by atoms with van der Waals surface area (Å²) >= 11 is 5.73. The van der Waals surface area contributed by atoms with Gasteiger partial charge in [0.15, 0.2) is 0 Å². The number of hydrogen-bond donors (Lipinski definition) is 2. The lowest BCUT2D eigenvalue weighted by atomic mass is 9.91. The summed E-state index contributed by atoms with van der Waals surface area (Å²) in [6.45, 7) is 1.78. The largest absolute Gasteiger partial charge is 0.388 e. The molecule has 2 atom stereocenters. The average Bonchev–Trinajstić information content (AvgIpc) is 2.61. The first-order chi connectivity index (χ1) is 12.8. The van der Waals surface area contributed by atoms with Crippen molar-refractivity contribution in [2.75, 3.05) is 0 Å². The van der Waals surface area contributed by atoms with E-state index in [-0.39, 0.29) is 28.1 Å². The summed E-state index contributed by atoms with van der Waals surface area (Å²) in [4.78, 5) is 14.3. The molecule has 0 fully saturated rings. The Balaban J connectivity index is 1.84. The van der Waals surface area contributed by atoms with E-state index in [1.807, 2.05) is 0 Å². The Labute approximate surface area is 158 Å². The van der Waals surface area contributed by atoms with E-state index in [9.17, 15) is 23.1 Å². The molecule has 2 unspecified atom stereocenters. The Kier molecular flexibility index (Phi) is 5.58. The van der Waals surface area contributed by atoms with Gasteiger partial charge in [-0.3, -0.25) is 4.79 Å². The van der Waals surface area contributed by atoms with Gasteiger partial charge in [0, 0.05) is 12.3 Å². The minimum Gasteiger partial charge on any atom is -0.388 e. The lowest BCUT2D eigenvalue weighted by molar-refractivity contribution is 0.175. The van der Waals surface area contributed by atoms with E-state index >= 15 is 0 Å². The molecule has 2 aromatic carbocycles. The predicted octanol–water partition coefficient (Wildman–Crippen LogP) is 5.03. The first kappa shape index (κ1) is 19.5. The molecule has 3 nitrogen and oxygen atoms in total. The van der Waals surface area contributed by atoms with E-state index in [1.54, 1.807) is 13.3 Å². The molecule has 1 radical (unpaired) electrons. The molecule has 7 heteroatoms. The van der Waals surface area contributed by atoms with Gasteiger partial charge in [0.05, 0.1) is 16.5 Å². The molecule has 0 saturated carbocycles. The fourth-order valence-corrected chi connectivity index (χ4v) is 3.21. The third-order valence-electron chi connectivity index (χ3n) is 4.48. The number of benzene rings is 2. The van der Waals surface area contributed by atoms with E-state index in [1.165, 1.54) is 24.4 Å². The summed E-state index contributed by atoms with van der Waals surface area (Å²) in [5.74, 6) is -2.61. The molecule has 0 bridgehead atoms. The maximum absolute atomic E-state index is 14.0. The molecule has 1 heterocycles. The zero-order valence-corrected chi connectivity index (χ0v) is 15.0. The monoisotopic (exact) mass is 394 g/mol. The molecular formula is C20H16ClF3NO2. The second kappa shape index (κ2) is 7.74. The number of aromatic nitrogens is 1. The minimum absolute atomic E-state index is 0.0859. The molecule has 2 N–H and O–H groups in total. The van der Waals surface area contributed by atoms with Crippen molar-refractivity contribution in [2.45, 2.75) is 25.4 Å². The van der Waals surface area contributed by atoms with Crippen LogP contribution in [0, 0.1) is 23.9 Å². The van der Waals surface area contributed by atoms with Crippen LogP contribution in [-0.2, 0) is 0 Å². The molecule has 0 aliphatic rings. The highest BCUT2D eigenvalue weighted by Gasteiger charge is 2.18. The lowest BCUT2D eigenvalue weighted by Crippen LogP contribution is -2.11. The third kappa shape index (κ3) is 4.01. The second-order valence-corrected chi connectivity index (χ2v) is 6.74. The van der Waals surface area contributed by atoms with Crippen molar-refractivity contribution in [2.24, 2.45) is 0 Å². The van der Waals surface area contributed by atoms with Gasteiger partial charge in [0.2, 0.25) is 0 Å². The van der Waals surface area contributed by atoms with Crippen molar-refractivity contribution >= 4 is 22.4 Å². The van der Waals surface area contributed by atoms with Gasteiger partial charge in [0.1, 0.15) is 17.5 Å². The summed E-state index contributed by atoms with van der Waals surface area (Å²) < 4.78 is 40.9. The smallest absolute Gasteiger partial charge is 0.258 e. The van der Waals surface area contributed by atoms with Crippen molar-refractivity contribution in [3.05, 3.63) is 86.9 Å². The molecule has 1 aromatic heterocycles. The molecule has 0 saturated heterocycles. The Bertz CT molecular complexity index is 1050. The Morgan fingerprint density at radius 3 is 2.63 bits per heavy atom. The highest BCUT2D eigenvalue weighted by atomic mass is 35.5. The summed E-state index contributed by atoms with van der Waals surface area (Å²) in [7, 11) is 0. The average molecular weight is 395 g/mol. The van der Waals surface area contributed by atoms with E-state index in [0.29, 0.717) is 17.2 Å². The maximum atomic E-state index is 14.0. The Morgan fingerprint density at radius 2 is 1.93 bits per heavy atom. The van der Waals surface area contributed by atoms with Crippen molar-refractivity contribution in [1.82, 2.24) is 4.98 Å². The van der Waals surface area contributed by atoms with E-state index in [0.717, 1.165) is 6.07 Å². The van der Waals surface area contributed by atoms with Crippen LogP contribution in [0.15, 0.2) is 41.3 Å². The normalized spacial score (nSPS) is 13.7. The Hall–Kier alpha value is -2.31. The number of pyridine rings is 1. The van der Waals surface area contributed by atoms with Crippen LogP contribution < -0.4 is 5.56 Å². The van der Waals surface area contributed by atoms with Crippen molar-refractivity contribution in [1.29, 1.82) is 0 Å². The topological polar surface area (TPSA) is 53.1 Å². The second-order valence-electron chi connectivity index (χ2n) is 6.33. The number of fused-ring (bicyclic) bond motifs is 1. The van der Waals surface area contributed by atoms with Crippen LogP contribution in [-0.4, -0.2) is 10.1 Å². The molecule has 0 amide bonds. The Morgan fingerprint density at radius 1 is 1.19 bits per heavy atom. The zero-order valence-electron chi connectivity index (χ0n) is 14.3. The number of aliphatic hydroxyl groups is 1. The van der Waals surface area contributed by atoms with Gasteiger partial charge in [-0.05, 0) is 53.5 Å². The number of aromatic amines is 1. The van der Waals surface area contributed by atoms with Gasteiger partial charge in [-0.2, -0.15) is 0 Å². The number of rotatable bonds is 5. The SMILES string of the molecule is CC([CH]CC(O)c1ccc(F)c(Cl)c1)c1c[nH]c(=O)c2c(F)cc(F)cc12. The summed E-state index contributed by atoms with van der Waals surface area (Å²) in [6, 6.07) is 5.73. The third-order valence-corrected chi connectivity index (χ3v) is 4.77. The molecule has 0 aliphatic carbocycles. The molecule has 0 aliphatic heterocycles. The first-order valence-electron chi connectivity index (χ1n) is 8.24. The van der Waals surface area contributed by atoms with E-state index in [2.05, 4.69) is 4.98 Å². The molecular weight excluding hydrogens is 379 g/mol. The minimum atomic E-state index is -0.929. The lowest BCUT2D eigenvalue weighted by Gasteiger charge is -2.17. The highest BCUT2D eigenvalue weighted by Crippen LogP contribution is 2.31. The summed E-state index contributed by atoms with van der Waals surface area (Å²) in [5.41, 5.74) is 0.333. The van der Waals surface area contributed by atoms with Crippen molar-refractivity contribution < 1.29 is 18.3 Å². The number of halogens is 4. The number of nitrogens with one attached hydrogen (secondary N) is 1. The van der Waals surface area contributed by atoms with Gasteiger partial charge >= 0.3 is 0 Å². The molecule has 0 spiro atoms. The fraction of sp³-hybridized carbons (Fsp3) is 0.200. The number of hydrogen-bond acceptors (Lipinski definition) is 2. The van der Waals surface area contributed by atoms with Crippen LogP contribution >= 0.6 is 11.6 Å². The standard InChI is InChI=1S/C20H16ClF3NO2/c1-10(2-5-18(26)11-3-4-16(23)15(21)6-11)14-9-25-20(27)19-13(14)7-12(22)8-17(19)24/h2-4,6-10,18,26H,5H2,1H3,(H,25,27). The first-order valence-corrected chi connectivity index (χ1v) is 8.62. The van der Waals surface area contributed by atoms with Gasteiger partial charge in [0.25, 0.3) is 5.56 Å². The fourth-order valence-electron chi connectivity index (χ4n) is 3.02. The van der Waals surface area contributed by atoms with Gasteiger partial charge in [-0.25, -0.2) is 13.2 Å². The summed E-state index contributed by atoms with van der Waals surface area (Å²) in [6.07, 6.45) is 2.43. The quantitative estimate of drug-likeness (QED) is 0.637. The number of aliphatic hydroxyl groups excluding tert-OH is 1. The predicted molar refractivity (Wildman–Crippen MR) is 98.2 cm³/mol. The van der Waals surface area contributed by atoms with Crippen LogP contribution in [0.4, 0.5) is 13.2 Å². The van der Waals surface area contributed by atoms with Crippen LogP contribution in [0.3, 0.4) is 0 Å². The maximum Gasteiger partial charge on any atom is 0.258 e. The molecule has 141 valence electrons. The molecule has 3 aromatic rings. The van der Waals surface area contributed by atoms with Crippen LogP contribution in [0.2, 0.25) is 5.02 Å². The number of H-pyrrole nitrogens is 1. The van der Waals surface area contributed by atoms with Gasteiger partial charge in [-0.1, -0.05) is 24.6 Å². The highest BCUT2D eigenvalue weighted by molar-refractivity contribution is 6.30. The summed E-state index contributed by atoms with van der Waals surface area (Å²) in [5, 5.41) is 10.2. The van der Waals surface area contributed by atoms with Crippen LogP contribution in [0.5, 0.6) is 0 Å². The van der Waals surface area contributed by atoms with Crippen LogP contribution in [0.25, 0.3) is 10.8 Å². The van der Waals surface area contributed by atoms with Gasteiger partial charge in [-0.15, -0.1) is 0 Å². The molecule has 27 heavy (non-hydrogen) atoms. The van der Waals surface area contributed by atoms with E-state index in [4.69, 9.17) is 11.6 Å². The van der Waals surface area contributed by atoms with Crippen molar-refractivity contribution in [3.63, 3.8) is 0 Å².